The number of ether oxygens (including phenoxy) is 1. The Morgan fingerprint density at radius 2 is 2.23 bits per heavy atom. The average molecular weight is 177 g/mol. The van der Waals surface area contributed by atoms with Gasteiger partial charge in [0.05, 0.1) is 19.1 Å². The van der Waals surface area contributed by atoms with Crippen molar-refractivity contribution in [1.29, 1.82) is 5.26 Å². The van der Waals surface area contributed by atoms with E-state index in [1.165, 1.54) is 6.07 Å². The van der Waals surface area contributed by atoms with Crippen molar-refractivity contribution in [2.45, 2.75) is 12.8 Å². The van der Waals surface area contributed by atoms with E-state index < -0.39 is 0 Å². The van der Waals surface area contributed by atoms with Crippen LogP contribution in [0.3, 0.4) is 0 Å². The van der Waals surface area contributed by atoms with Crippen LogP contribution in [0.2, 0.25) is 0 Å². The van der Waals surface area contributed by atoms with E-state index >= 15 is 0 Å². The Bertz CT molecular complexity index is 341. The minimum atomic E-state index is -0.324. The van der Waals surface area contributed by atoms with Crippen LogP contribution >= 0.6 is 0 Å². The summed E-state index contributed by atoms with van der Waals surface area (Å²) in [6, 6.07) is 6.91. The van der Waals surface area contributed by atoms with E-state index in [1.54, 1.807) is 26.2 Å². The molecular formula is C10H11NO2. The van der Waals surface area contributed by atoms with E-state index in [9.17, 15) is 5.11 Å². The lowest BCUT2D eigenvalue weighted by molar-refractivity contribution is 0.410. The molecule has 0 aromatic heterocycles. The molecule has 13 heavy (non-hydrogen) atoms. The first kappa shape index (κ1) is 9.40. The SMILES string of the molecule is COc1ccc(O)c(C(C)C#N)c1. The zero-order valence-electron chi connectivity index (χ0n) is 7.61. The highest BCUT2D eigenvalue weighted by molar-refractivity contribution is 5.43. The van der Waals surface area contributed by atoms with Crippen LogP contribution in [0.1, 0.15) is 18.4 Å². The van der Waals surface area contributed by atoms with Gasteiger partial charge in [0.2, 0.25) is 0 Å². The van der Waals surface area contributed by atoms with Gasteiger partial charge in [-0.2, -0.15) is 5.26 Å². The summed E-state index contributed by atoms with van der Waals surface area (Å²) in [6.45, 7) is 1.73. The number of methoxy groups -OCH3 is 1. The molecule has 0 aliphatic carbocycles. The number of benzene rings is 1. The van der Waals surface area contributed by atoms with Crippen LogP contribution in [0.25, 0.3) is 0 Å². The van der Waals surface area contributed by atoms with Crippen LogP contribution < -0.4 is 4.74 Å². The molecule has 3 heteroatoms. The van der Waals surface area contributed by atoms with Gasteiger partial charge >= 0.3 is 0 Å². The van der Waals surface area contributed by atoms with Gasteiger partial charge in [-0.05, 0) is 25.1 Å². The topological polar surface area (TPSA) is 53.2 Å². The van der Waals surface area contributed by atoms with Crippen molar-refractivity contribution in [3.63, 3.8) is 0 Å². The van der Waals surface area contributed by atoms with Crippen molar-refractivity contribution in [3.8, 4) is 17.6 Å². The van der Waals surface area contributed by atoms with Gasteiger partial charge in [0, 0.05) is 5.56 Å². The van der Waals surface area contributed by atoms with Gasteiger partial charge in [-0.15, -0.1) is 0 Å². The molecule has 0 amide bonds. The largest absolute Gasteiger partial charge is 0.508 e. The van der Waals surface area contributed by atoms with E-state index in [-0.39, 0.29) is 11.7 Å². The fraction of sp³-hybridized carbons (Fsp3) is 0.300. The molecule has 0 spiro atoms. The second-order valence-electron chi connectivity index (χ2n) is 2.78. The van der Waals surface area contributed by atoms with Gasteiger partial charge in [-0.25, -0.2) is 0 Å². The molecule has 68 valence electrons. The van der Waals surface area contributed by atoms with Crippen molar-refractivity contribution < 1.29 is 9.84 Å². The van der Waals surface area contributed by atoms with Crippen LogP contribution in [0, 0.1) is 11.3 Å². The first-order valence-corrected chi connectivity index (χ1v) is 3.95. The maximum Gasteiger partial charge on any atom is 0.120 e. The van der Waals surface area contributed by atoms with Gasteiger partial charge in [-0.1, -0.05) is 0 Å². The summed E-state index contributed by atoms with van der Waals surface area (Å²) in [7, 11) is 1.55. The number of hydrogen-bond donors (Lipinski definition) is 1. The lowest BCUT2D eigenvalue weighted by Crippen LogP contribution is -1.92. The van der Waals surface area contributed by atoms with Crippen molar-refractivity contribution >= 4 is 0 Å². The molecule has 1 aromatic carbocycles. The minimum absolute atomic E-state index is 0.134. The fourth-order valence-corrected chi connectivity index (χ4v) is 1.08. The summed E-state index contributed by atoms with van der Waals surface area (Å²) in [6.07, 6.45) is 0. The molecule has 0 saturated heterocycles. The molecule has 0 heterocycles. The van der Waals surface area contributed by atoms with E-state index in [4.69, 9.17) is 10.00 Å². The molecule has 0 aliphatic heterocycles. The van der Waals surface area contributed by atoms with Gasteiger partial charge in [0.25, 0.3) is 0 Å². The first-order chi connectivity index (χ1) is 6.19. The van der Waals surface area contributed by atoms with Gasteiger partial charge in [0.15, 0.2) is 0 Å². The average Bonchev–Trinajstić information content (AvgIpc) is 2.17. The summed E-state index contributed by atoms with van der Waals surface area (Å²) in [4.78, 5) is 0. The summed E-state index contributed by atoms with van der Waals surface area (Å²) >= 11 is 0. The van der Waals surface area contributed by atoms with E-state index in [2.05, 4.69) is 6.07 Å². The fourth-order valence-electron chi connectivity index (χ4n) is 1.08. The molecule has 1 aromatic rings. The van der Waals surface area contributed by atoms with Gasteiger partial charge in [-0.3, -0.25) is 0 Å². The third-order valence-corrected chi connectivity index (χ3v) is 1.89. The number of hydrogen-bond acceptors (Lipinski definition) is 3. The Balaban J connectivity index is 3.12. The van der Waals surface area contributed by atoms with E-state index in [1.807, 2.05) is 0 Å². The standard InChI is InChI=1S/C10H11NO2/c1-7(6-11)9-5-8(13-2)3-4-10(9)12/h3-5,7,12H,1-2H3. The van der Waals surface area contributed by atoms with Crippen LogP contribution in [0.5, 0.6) is 11.5 Å². The Kier molecular flexibility index (Phi) is 2.76. The van der Waals surface area contributed by atoms with Crippen LogP contribution in [0.4, 0.5) is 0 Å². The van der Waals surface area contributed by atoms with Crippen LogP contribution in [-0.2, 0) is 0 Å². The van der Waals surface area contributed by atoms with Gasteiger partial charge in [0.1, 0.15) is 11.5 Å². The highest BCUT2D eigenvalue weighted by atomic mass is 16.5. The second-order valence-corrected chi connectivity index (χ2v) is 2.78. The molecule has 3 nitrogen and oxygen atoms in total. The number of phenols is 1. The molecule has 0 radical (unpaired) electrons. The molecule has 0 fully saturated rings. The van der Waals surface area contributed by atoms with Crippen molar-refractivity contribution in [3.05, 3.63) is 23.8 Å². The molecule has 1 unspecified atom stereocenters. The minimum Gasteiger partial charge on any atom is -0.508 e. The zero-order chi connectivity index (χ0) is 9.84. The molecule has 0 aliphatic rings. The highest BCUT2D eigenvalue weighted by Crippen LogP contribution is 2.28. The smallest absolute Gasteiger partial charge is 0.120 e. The molecular weight excluding hydrogens is 166 g/mol. The summed E-state index contributed by atoms with van der Waals surface area (Å²) in [5.41, 5.74) is 0.599. The Morgan fingerprint density at radius 1 is 1.54 bits per heavy atom. The maximum atomic E-state index is 9.43. The molecule has 1 N–H and O–H groups in total. The predicted molar refractivity (Wildman–Crippen MR) is 48.7 cm³/mol. The summed E-state index contributed by atoms with van der Waals surface area (Å²) < 4.78 is 4.98. The quantitative estimate of drug-likeness (QED) is 0.751. The van der Waals surface area contributed by atoms with Gasteiger partial charge < -0.3 is 9.84 Å². The second kappa shape index (κ2) is 3.81. The number of rotatable bonds is 2. The lowest BCUT2D eigenvalue weighted by atomic mass is 10.0. The maximum absolute atomic E-state index is 9.43. The molecule has 0 bridgehead atoms. The van der Waals surface area contributed by atoms with Crippen LogP contribution in [0.15, 0.2) is 18.2 Å². The predicted octanol–water partition coefficient (Wildman–Crippen LogP) is 2.03. The molecule has 1 atom stereocenters. The van der Waals surface area contributed by atoms with Crippen molar-refractivity contribution in [2.24, 2.45) is 0 Å². The third kappa shape index (κ3) is 1.91. The Hall–Kier alpha value is -1.69. The number of nitrogens with zero attached hydrogens (tertiary/aromatic N) is 1. The normalized spacial score (nSPS) is 11.8. The number of nitriles is 1. The van der Waals surface area contributed by atoms with E-state index in [0.717, 1.165) is 0 Å². The molecule has 0 saturated carbocycles. The monoisotopic (exact) mass is 177 g/mol. The van der Waals surface area contributed by atoms with Crippen molar-refractivity contribution in [1.82, 2.24) is 0 Å². The number of aromatic hydroxyl groups is 1. The third-order valence-electron chi connectivity index (χ3n) is 1.89. The highest BCUT2D eigenvalue weighted by Gasteiger charge is 2.10. The summed E-state index contributed by atoms with van der Waals surface area (Å²) in [5.74, 6) is 0.458. The molecule has 1 rings (SSSR count). The lowest BCUT2D eigenvalue weighted by Gasteiger charge is -2.07. The van der Waals surface area contributed by atoms with E-state index in [0.29, 0.717) is 11.3 Å². The van der Waals surface area contributed by atoms with Crippen molar-refractivity contribution in [2.75, 3.05) is 7.11 Å². The first-order valence-electron chi connectivity index (χ1n) is 3.95. The van der Waals surface area contributed by atoms with Crippen LogP contribution in [-0.4, -0.2) is 12.2 Å². The number of phenolic OH excluding ortho intramolecular Hbond substituents is 1. The Labute approximate surface area is 77.2 Å². The zero-order valence-corrected chi connectivity index (χ0v) is 7.61. The Morgan fingerprint density at radius 3 is 2.77 bits per heavy atom. The summed E-state index contributed by atoms with van der Waals surface area (Å²) in [5, 5.41) is 18.1.